The maximum Gasteiger partial charge on any atom is 0.210 e. The first kappa shape index (κ1) is 37.5. The number of allylic oxidation sites excluding steroid dienone is 8. The molecule has 0 radical (unpaired) electrons. The lowest BCUT2D eigenvalue weighted by Gasteiger charge is -2.27. The summed E-state index contributed by atoms with van der Waals surface area (Å²) < 4.78 is 32.5. The van der Waals surface area contributed by atoms with Crippen molar-refractivity contribution in [3.63, 3.8) is 0 Å². The largest absolute Gasteiger partial charge is 0.344 e. The summed E-state index contributed by atoms with van der Waals surface area (Å²) in [5.41, 5.74) is 8.68. The van der Waals surface area contributed by atoms with E-state index in [1.165, 1.54) is 41.0 Å². The van der Waals surface area contributed by atoms with Crippen LogP contribution >= 0.6 is 23.6 Å². The van der Waals surface area contributed by atoms with Gasteiger partial charge in [0, 0.05) is 77.1 Å². The molecule has 0 fully saturated rings. The summed E-state index contributed by atoms with van der Waals surface area (Å²) in [6.07, 6.45) is 19.2. The molecule has 264 valence electrons. The van der Waals surface area contributed by atoms with Crippen molar-refractivity contribution in [2.45, 2.75) is 102 Å². The molecule has 0 saturated carbocycles. The van der Waals surface area contributed by atoms with Crippen LogP contribution in [0.3, 0.4) is 0 Å². The number of benzene rings is 2. The second kappa shape index (κ2) is 15.2. The van der Waals surface area contributed by atoms with Gasteiger partial charge in [0.15, 0.2) is 21.3 Å². The summed E-state index contributed by atoms with van der Waals surface area (Å²) in [6, 6.07) is 11.8. The van der Waals surface area contributed by atoms with Crippen LogP contribution in [-0.4, -0.2) is 44.3 Å². The summed E-state index contributed by atoms with van der Waals surface area (Å²) in [6.45, 7) is 15.2. The van der Waals surface area contributed by atoms with Gasteiger partial charge in [-0.15, -0.1) is 4.33 Å². The first-order valence-corrected chi connectivity index (χ1v) is 20.9. The number of hydrogen-bond acceptors (Lipinski definition) is 6. The summed E-state index contributed by atoms with van der Waals surface area (Å²) >= 11 is 8.40. The van der Waals surface area contributed by atoms with Gasteiger partial charge in [-0.2, -0.15) is 4.58 Å². The average molecular weight is 724 g/mol. The van der Waals surface area contributed by atoms with Crippen LogP contribution < -0.4 is 9.79 Å². The molecule has 0 aromatic heterocycles. The fourth-order valence-electron chi connectivity index (χ4n) is 7.35. The molecule has 9 heteroatoms. The number of nitrogens with zero attached hydrogens (tertiary/aromatic N) is 2. The Morgan fingerprint density at radius 3 is 2.41 bits per heavy atom. The summed E-state index contributed by atoms with van der Waals surface area (Å²) in [5.74, 6) is 0.696. The van der Waals surface area contributed by atoms with Crippen molar-refractivity contribution in [2.75, 3.05) is 30.5 Å². The van der Waals surface area contributed by atoms with E-state index in [1.54, 1.807) is 6.07 Å². The molecule has 0 amide bonds. The highest BCUT2D eigenvalue weighted by Crippen LogP contribution is 2.49. The van der Waals surface area contributed by atoms with Crippen LogP contribution in [0, 0.1) is 0 Å². The highest BCUT2D eigenvalue weighted by atomic mass is 35.5. The highest BCUT2D eigenvalue weighted by Gasteiger charge is 2.45. The van der Waals surface area contributed by atoms with Gasteiger partial charge >= 0.3 is 0 Å². The minimum absolute atomic E-state index is 0.231. The van der Waals surface area contributed by atoms with Crippen LogP contribution in [-0.2, 0) is 25.0 Å². The topological polar surface area (TPSA) is 58.9 Å². The van der Waals surface area contributed by atoms with Gasteiger partial charge < -0.3 is 9.79 Å². The van der Waals surface area contributed by atoms with Gasteiger partial charge in [-0.1, -0.05) is 64.3 Å². The fraction of sp³-hybridized carbons (Fsp3) is 0.475. The molecule has 0 N–H and O–H groups in total. The Labute approximate surface area is 303 Å². The Morgan fingerprint density at radius 1 is 0.959 bits per heavy atom. The van der Waals surface area contributed by atoms with Crippen molar-refractivity contribution >= 4 is 50.6 Å². The van der Waals surface area contributed by atoms with E-state index in [9.17, 15) is 8.42 Å². The lowest BCUT2D eigenvalue weighted by atomic mass is 9.81. The first-order valence-electron chi connectivity index (χ1n) is 17.5. The molecular weight excluding hydrogens is 672 g/mol. The number of anilines is 1. The fourth-order valence-corrected chi connectivity index (χ4v) is 8.45. The molecule has 2 heterocycles. The van der Waals surface area contributed by atoms with Crippen molar-refractivity contribution in [2.24, 2.45) is 0 Å². The van der Waals surface area contributed by atoms with Crippen LogP contribution in [0.4, 0.5) is 11.4 Å². The third-order valence-corrected chi connectivity index (χ3v) is 12.0. The molecule has 5 rings (SSSR count). The van der Waals surface area contributed by atoms with E-state index in [2.05, 4.69) is 87.5 Å². The second-order valence-electron chi connectivity index (χ2n) is 14.4. The van der Waals surface area contributed by atoms with Crippen LogP contribution in [0.2, 0.25) is 0 Å². The third-order valence-electron chi connectivity index (χ3n) is 10.2. The Bertz CT molecular complexity index is 1850. The predicted molar refractivity (Wildman–Crippen MR) is 206 cm³/mol. The summed E-state index contributed by atoms with van der Waals surface area (Å²) in [7, 11) is -3.31. The zero-order valence-corrected chi connectivity index (χ0v) is 32.7. The molecular formula is C40H52ClN2O4S2+. The van der Waals surface area contributed by atoms with Gasteiger partial charge in [0.1, 0.15) is 6.54 Å². The van der Waals surface area contributed by atoms with E-state index >= 15 is 0 Å². The monoisotopic (exact) mass is 723 g/mol. The SMILES string of the molecule is CCCCN1C(=CC=C2CCCC(C=CC3=[N+](CCCC)c4ccc(OOSC)cc4C3(C)C)=C2Cl)C(C)(C)c2cc(S(C)(=O)=O)ccc21. The van der Waals surface area contributed by atoms with Crippen molar-refractivity contribution in [3.05, 3.63) is 93.7 Å². The minimum Gasteiger partial charge on any atom is -0.344 e. The minimum atomic E-state index is -3.31. The molecule has 0 unspecified atom stereocenters. The van der Waals surface area contributed by atoms with E-state index in [-0.39, 0.29) is 10.8 Å². The molecule has 0 bridgehead atoms. The van der Waals surface area contributed by atoms with Gasteiger partial charge in [0.05, 0.1) is 10.3 Å². The first-order chi connectivity index (χ1) is 23.2. The summed E-state index contributed by atoms with van der Waals surface area (Å²) in [4.78, 5) is 8.23. The second-order valence-corrected chi connectivity index (χ2v) is 17.2. The molecule has 2 aliphatic heterocycles. The standard InChI is InChI=1S/C40H52ClN2O4S2/c1-9-11-24-42-34-20-18-30(46-47-48-7)26-32(34)39(3,4)36(42)22-16-28-14-13-15-29(38(28)41)17-23-37-40(5,6)33-27-31(49(8,44)45)19-21-35(33)43(37)25-12-10-2/h16-23,26-27H,9-15,24-25H2,1-8H3/q+1. The van der Waals surface area contributed by atoms with Crippen molar-refractivity contribution in [1.82, 2.24) is 0 Å². The number of unbranched alkanes of at least 4 members (excludes halogenated alkanes) is 2. The lowest BCUT2D eigenvalue weighted by Crippen LogP contribution is -2.28. The van der Waals surface area contributed by atoms with Gasteiger partial charge in [0.2, 0.25) is 5.69 Å². The quantitative estimate of drug-likeness (QED) is 0.0887. The number of rotatable bonds is 13. The van der Waals surface area contributed by atoms with E-state index < -0.39 is 9.84 Å². The molecule has 3 aliphatic rings. The molecule has 0 saturated heterocycles. The average Bonchev–Trinajstić information content (AvgIpc) is 3.41. The number of hydrogen-bond donors (Lipinski definition) is 0. The maximum atomic E-state index is 12.4. The number of fused-ring (bicyclic) bond motifs is 2. The van der Waals surface area contributed by atoms with E-state index in [0.29, 0.717) is 10.6 Å². The molecule has 0 spiro atoms. The van der Waals surface area contributed by atoms with Crippen LogP contribution in [0.25, 0.3) is 0 Å². The molecule has 2 aromatic carbocycles. The predicted octanol–water partition coefficient (Wildman–Crippen LogP) is 10.5. The Morgan fingerprint density at radius 2 is 1.71 bits per heavy atom. The van der Waals surface area contributed by atoms with Crippen molar-refractivity contribution < 1.29 is 22.2 Å². The molecule has 49 heavy (non-hydrogen) atoms. The molecule has 2 aromatic rings. The Balaban J connectivity index is 1.50. The van der Waals surface area contributed by atoms with Crippen LogP contribution in [0.5, 0.6) is 5.75 Å². The van der Waals surface area contributed by atoms with E-state index in [1.807, 2.05) is 24.5 Å². The normalized spacial score (nSPS) is 20.2. The van der Waals surface area contributed by atoms with Gasteiger partial charge in [-0.25, -0.2) is 8.42 Å². The highest BCUT2D eigenvalue weighted by molar-refractivity contribution is 7.93. The van der Waals surface area contributed by atoms with Crippen molar-refractivity contribution in [3.8, 4) is 5.75 Å². The number of sulfone groups is 1. The molecule has 0 atom stereocenters. The lowest BCUT2D eigenvalue weighted by molar-refractivity contribution is -0.438. The van der Waals surface area contributed by atoms with Crippen LogP contribution in [0.1, 0.15) is 97.6 Å². The number of halogens is 1. The van der Waals surface area contributed by atoms with Gasteiger partial charge in [-0.3, -0.25) is 0 Å². The van der Waals surface area contributed by atoms with Crippen molar-refractivity contribution in [1.29, 1.82) is 0 Å². The van der Waals surface area contributed by atoms with Gasteiger partial charge in [0.25, 0.3) is 0 Å². The van der Waals surface area contributed by atoms with Gasteiger partial charge in [-0.05, 0) is 92.6 Å². The van der Waals surface area contributed by atoms with Crippen LogP contribution in [0.15, 0.2) is 87.5 Å². The molecule has 6 nitrogen and oxygen atoms in total. The Kier molecular flexibility index (Phi) is 11.6. The maximum absolute atomic E-state index is 12.4. The summed E-state index contributed by atoms with van der Waals surface area (Å²) in [5, 5.41) is 0.825. The molecule has 1 aliphatic carbocycles. The third kappa shape index (κ3) is 7.63. The Hall–Kier alpha value is -2.78. The zero-order chi connectivity index (χ0) is 35.6. The van der Waals surface area contributed by atoms with E-state index in [4.69, 9.17) is 20.8 Å². The zero-order valence-electron chi connectivity index (χ0n) is 30.4. The van der Waals surface area contributed by atoms with E-state index in [0.717, 1.165) is 85.5 Å². The smallest absolute Gasteiger partial charge is 0.210 e.